The van der Waals surface area contributed by atoms with Crippen LogP contribution < -0.4 is 5.32 Å². The summed E-state index contributed by atoms with van der Waals surface area (Å²) < 4.78 is 4.73. The molecule has 4 fully saturated rings. The van der Waals surface area contributed by atoms with Gasteiger partial charge in [-0.25, -0.2) is 4.79 Å². The Bertz CT molecular complexity index is 1030. The number of nitrogens with one attached hydrogen (secondary N) is 1. The highest BCUT2D eigenvalue weighted by molar-refractivity contribution is 5.93. The number of esters is 1. The second-order valence-corrected chi connectivity index (χ2v) is 13.5. The highest BCUT2D eigenvalue weighted by atomic mass is 16.5. The van der Waals surface area contributed by atoms with Gasteiger partial charge in [-0.15, -0.1) is 0 Å². The van der Waals surface area contributed by atoms with Gasteiger partial charge in [0, 0.05) is 12.1 Å². The Morgan fingerprint density at radius 3 is 2.47 bits per heavy atom. The van der Waals surface area contributed by atoms with Gasteiger partial charge in [0.25, 0.3) is 0 Å². The molecule has 3 N–H and O–H groups in total. The van der Waals surface area contributed by atoms with Crippen molar-refractivity contribution in [1.82, 2.24) is 0 Å². The van der Waals surface area contributed by atoms with Crippen LogP contribution in [-0.2, 0) is 9.53 Å². The molecule has 0 saturated heterocycles. The molecule has 0 aromatic heterocycles. The summed E-state index contributed by atoms with van der Waals surface area (Å²) in [4.78, 5) is 24.4. The zero-order valence-electron chi connectivity index (χ0n) is 23.6. The lowest BCUT2D eigenvalue weighted by atomic mass is 9.43. The molecule has 38 heavy (non-hydrogen) atoms. The molecule has 1 aromatic carbocycles. The standard InChI is InChI=1S/C32H47NO5/c1-19(5-14-29(36)33-22-9-6-20(7-10-22)30(37)38-4)25-12-13-26-24-11-8-21-17-23(34)15-16-31(21,2)27(24)18-28(35)32(25,26)3/h6-7,9-10,19,21,23-28,34-35H,5,8,11-18H2,1-4H3,(H,33,36)/t19-,21+,23-,24+,25+,26-,27-,28+,31+,32-/m1/s1. The van der Waals surface area contributed by atoms with Crippen LogP contribution in [0.4, 0.5) is 5.69 Å². The first-order valence-corrected chi connectivity index (χ1v) is 14.9. The zero-order chi connectivity index (χ0) is 27.2. The second-order valence-electron chi connectivity index (χ2n) is 13.5. The third-order valence-electron chi connectivity index (χ3n) is 11.9. The molecular weight excluding hydrogens is 478 g/mol. The SMILES string of the molecule is COC(=O)c1ccc(NC(=O)CC[C@@H](C)[C@@H]2CC[C@@H]3[C@@H]4CC[C@H]5C[C@H](O)CC[C@]5(C)[C@@H]4C[C@H](O)[C@@]32C)cc1. The van der Waals surface area contributed by atoms with Crippen molar-refractivity contribution in [2.24, 2.45) is 46.3 Å². The fraction of sp³-hybridized carbons (Fsp3) is 0.750. The average Bonchev–Trinajstić information content (AvgIpc) is 3.27. The topological polar surface area (TPSA) is 95.9 Å². The Kier molecular flexibility index (Phi) is 7.69. The smallest absolute Gasteiger partial charge is 0.337 e. The van der Waals surface area contributed by atoms with Crippen molar-refractivity contribution in [3.05, 3.63) is 29.8 Å². The summed E-state index contributed by atoms with van der Waals surface area (Å²) in [5.74, 6) is 2.76. The molecule has 0 heterocycles. The van der Waals surface area contributed by atoms with E-state index < -0.39 is 5.97 Å². The maximum Gasteiger partial charge on any atom is 0.337 e. The molecule has 1 aromatic rings. The quantitative estimate of drug-likeness (QED) is 0.407. The molecule has 6 nitrogen and oxygen atoms in total. The minimum absolute atomic E-state index is 0.0163. The van der Waals surface area contributed by atoms with E-state index in [0.717, 1.165) is 38.5 Å². The molecule has 0 spiro atoms. The maximum absolute atomic E-state index is 12.7. The van der Waals surface area contributed by atoms with Crippen LogP contribution in [0.3, 0.4) is 0 Å². The van der Waals surface area contributed by atoms with Crippen LogP contribution in [0.15, 0.2) is 24.3 Å². The van der Waals surface area contributed by atoms with Crippen molar-refractivity contribution in [3.8, 4) is 0 Å². The van der Waals surface area contributed by atoms with Gasteiger partial charge in [0.1, 0.15) is 0 Å². The molecule has 4 saturated carbocycles. The van der Waals surface area contributed by atoms with E-state index in [1.165, 1.54) is 26.4 Å². The number of carbonyl (C=O) groups is 2. The fourth-order valence-corrected chi connectivity index (χ4v) is 9.75. The summed E-state index contributed by atoms with van der Waals surface area (Å²) in [5, 5.41) is 25.0. The molecule has 5 rings (SSSR count). The molecule has 4 aliphatic carbocycles. The normalized spacial score (nSPS) is 40.8. The van der Waals surface area contributed by atoms with Crippen LogP contribution in [-0.4, -0.2) is 41.4 Å². The van der Waals surface area contributed by atoms with Crippen molar-refractivity contribution in [1.29, 1.82) is 0 Å². The zero-order valence-corrected chi connectivity index (χ0v) is 23.6. The Labute approximate surface area is 227 Å². The van der Waals surface area contributed by atoms with Crippen LogP contribution in [0.1, 0.15) is 95.3 Å². The first kappa shape index (κ1) is 27.6. The highest BCUT2D eigenvalue weighted by Gasteiger charge is 2.63. The molecule has 4 aliphatic rings. The average molecular weight is 526 g/mol. The van der Waals surface area contributed by atoms with Crippen molar-refractivity contribution in [2.75, 3.05) is 12.4 Å². The summed E-state index contributed by atoms with van der Waals surface area (Å²) >= 11 is 0. The number of methoxy groups -OCH3 is 1. The van der Waals surface area contributed by atoms with Gasteiger partial charge in [0.2, 0.25) is 5.91 Å². The number of hydrogen-bond donors (Lipinski definition) is 3. The van der Waals surface area contributed by atoms with Crippen molar-refractivity contribution >= 4 is 17.6 Å². The third-order valence-corrected chi connectivity index (χ3v) is 11.9. The third kappa shape index (κ3) is 4.70. The van der Waals surface area contributed by atoms with Crippen LogP contribution in [0, 0.1) is 46.3 Å². The molecule has 6 heteroatoms. The van der Waals surface area contributed by atoms with Gasteiger partial charge >= 0.3 is 5.97 Å². The monoisotopic (exact) mass is 525 g/mol. The second kappa shape index (κ2) is 10.6. The molecule has 1 amide bonds. The fourth-order valence-electron chi connectivity index (χ4n) is 9.75. The molecule has 210 valence electrons. The molecule has 0 bridgehead atoms. The summed E-state index contributed by atoms with van der Waals surface area (Å²) in [5.41, 5.74) is 1.30. The van der Waals surface area contributed by atoms with Crippen molar-refractivity contribution < 1.29 is 24.5 Å². The number of anilines is 1. The summed E-state index contributed by atoms with van der Waals surface area (Å²) in [7, 11) is 1.35. The van der Waals surface area contributed by atoms with Gasteiger partial charge < -0.3 is 20.3 Å². The summed E-state index contributed by atoms with van der Waals surface area (Å²) in [6, 6.07) is 6.77. The number of amides is 1. The van der Waals surface area contributed by atoms with E-state index in [2.05, 4.69) is 26.1 Å². The van der Waals surface area contributed by atoms with E-state index in [1.807, 2.05) is 0 Å². The van der Waals surface area contributed by atoms with Gasteiger partial charge in [-0.05, 0) is 128 Å². The predicted octanol–water partition coefficient (Wildman–Crippen LogP) is 5.82. The number of fused-ring (bicyclic) bond motifs is 5. The van der Waals surface area contributed by atoms with Gasteiger partial charge in [-0.2, -0.15) is 0 Å². The number of aliphatic hydroxyl groups excluding tert-OH is 2. The number of rotatable bonds is 6. The van der Waals surface area contributed by atoms with Crippen LogP contribution in [0.25, 0.3) is 0 Å². The van der Waals surface area contributed by atoms with Crippen LogP contribution in [0.2, 0.25) is 0 Å². The first-order valence-electron chi connectivity index (χ1n) is 14.9. The number of ether oxygens (including phenoxy) is 1. The van der Waals surface area contributed by atoms with Crippen molar-refractivity contribution in [2.45, 2.75) is 97.2 Å². The highest BCUT2D eigenvalue weighted by Crippen LogP contribution is 2.68. The predicted molar refractivity (Wildman–Crippen MR) is 147 cm³/mol. The van der Waals surface area contributed by atoms with E-state index in [-0.39, 0.29) is 28.9 Å². The maximum atomic E-state index is 12.7. The Balaban J connectivity index is 1.21. The molecule has 0 radical (unpaired) electrons. The Morgan fingerprint density at radius 2 is 1.76 bits per heavy atom. The van der Waals surface area contributed by atoms with Crippen LogP contribution >= 0.6 is 0 Å². The minimum Gasteiger partial charge on any atom is -0.465 e. The van der Waals surface area contributed by atoms with Gasteiger partial charge in [0.05, 0.1) is 24.9 Å². The Hall–Kier alpha value is -1.92. The van der Waals surface area contributed by atoms with E-state index in [0.29, 0.717) is 53.2 Å². The number of aliphatic hydroxyl groups is 2. The number of hydrogen-bond acceptors (Lipinski definition) is 5. The van der Waals surface area contributed by atoms with E-state index in [4.69, 9.17) is 4.74 Å². The van der Waals surface area contributed by atoms with Gasteiger partial charge in [-0.1, -0.05) is 20.8 Å². The first-order chi connectivity index (χ1) is 18.1. The van der Waals surface area contributed by atoms with E-state index in [9.17, 15) is 19.8 Å². The molecule has 0 aliphatic heterocycles. The minimum atomic E-state index is -0.393. The number of carbonyl (C=O) groups excluding carboxylic acids is 2. The largest absolute Gasteiger partial charge is 0.465 e. The Morgan fingerprint density at radius 1 is 1.03 bits per heavy atom. The summed E-state index contributed by atoms with van der Waals surface area (Å²) in [6.07, 6.45) is 9.43. The van der Waals surface area contributed by atoms with Gasteiger partial charge in [-0.3, -0.25) is 4.79 Å². The number of benzene rings is 1. The molecule has 0 unspecified atom stereocenters. The lowest BCUT2D eigenvalue weighted by Gasteiger charge is -2.62. The molecular formula is C32H47NO5. The van der Waals surface area contributed by atoms with E-state index in [1.54, 1.807) is 24.3 Å². The van der Waals surface area contributed by atoms with Crippen molar-refractivity contribution in [3.63, 3.8) is 0 Å². The van der Waals surface area contributed by atoms with Gasteiger partial charge in [0.15, 0.2) is 0 Å². The van der Waals surface area contributed by atoms with Crippen LogP contribution in [0.5, 0.6) is 0 Å². The molecule has 10 atom stereocenters. The summed E-state index contributed by atoms with van der Waals surface area (Å²) in [6.45, 7) is 7.09. The van der Waals surface area contributed by atoms with E-state index >= 15 is 0 Å². The lowest BCUT2D eigenvalue weighted by molar-refractivity contribution is -0.174. The lowest BCUT2D eigenvalue weighted by Crippen LogP contribution is -2.58.